The van der Waals surface area contributed by atoms with Gasteiger partial charge >= 0.3 is 0 Å². The van der Waals surface area contributed by atoms with Crippen molar-refractivity contribution in [1.82, 2.24) is 4.90 Å². The van der Waals surface area contributed by atoms with Crippen molar-refractivity contribution in [3.63, 3.8) is 0 Å². The minimum Gasteiger partial charge on any atom is -0.313 e. The summed E-state index contributed by atoms with van der Waals surface area (Å²) < 4.78 is 0. The molecule has 3 aliphatic carbocycles. The van der Waals surface area contributed by atoms with Gasteiger partial charge in [-0.15, -0.1) is 0 Å². The van der Waals surface area contributed by atoms with Crippen molar-refractivity contribution in [2.75, 3.05) is 0 Å². The zero-order valence-corrected chi connectivity index (χ0v) is 4.99. The Morgan fingerprint density at radius 3 is 2.00 bits per heavy atom. The summed E-state index contributed by atoms with van der Waals surface area (Å²) in [6, 6.07) is 2.02. The maximum absolute atomic E-state index is 6.11. The van der Waals surface area contributed by atoms with Crippen LogP contribution in [0.25, 0.3) is 0 Å². The molecule has 4 atom stereocenters. The number of hydrogen-bond acceptors (Lipinski definition) is 2. The molecule has 3 aliphatic heterocycles. The Morgan fingerprint density at radius 2 is 1.78 bits per heavy atom. The van der Waals surface area contributed by atoms with Crippen molar-refractivity contribution in [3.8, 4) is 0 Å². The van der Waals surface area contributed by atoms with Gasteiger partial charge in [-0.3, -0.25) is 4.90 Å². The Kier molecular flexibility index (Phi) is 0.195. The summed E-state index contributed by atoms with van der Waals surface area (Å²) in [5, 5.41) is 0. The van der Waals surface area contributed by atoms with Crippen LogP contribution in [0, 0.1) is 23.7 Å². The summed E-state index contributed by atoms with van der Waals surface area (Å²) >= 11 is 0. The topological polar surface area (TPSA) is 29.3 Å². The lowest BCUT2D eigenvalue weighted by Crippen LogP contribution is -3.19. The molecule has 6 fully saturated rings. The van der Waals surface area contributed by atoms with E-state index >= 15 is 0 Å². The largest absolute Gasteiger partial charge is 0.313 e. The van der Waals surface area contributed by atoms with Gasteiger partial charge < -0.3 is 5.73 Å². The molecule has 2 nitrogen and oxygen atoms in total. The molecule has 46 valence electrons. The molecule has 0 aromatic heterocycles. The third-order valence-electron chi connectivity index (χ3n) is 4.96. The first-order chi connectivity index (χ1) is 4.37. The second-order valence-electron chi connectivity index (χ2n) is 4.48. The van der Waals surface area contributed by atoms with E-state index < -0.39 is 0 Å². The number of nitrogens with zero attached hydrogens (tertiary/aromatic N) is 1. The Labute approximate surface area is 53.0 Å². The van der Waals surface area contributed by atoms with Gasteiger partial charge in [-0.25, -0.2) is 0 Å². The van der Waals surface area contributed by atoms with Gasteiger partial charge in [0, 0.05) is 23.9 Å². The van der Waals surface area contributed by atoms with Crippen molar-refractivity contribution in [2.45, 2.75) is 17.7 Å². The lowest BCUT2D eigenvalue weighted by Gasteiger charge is -3.07. The molecule has 0 aromatic carbocycles. The van der Waals surface area contributed by atoms with Gasteiger partial charge in [0.1, 0.15) is 0 Å². The fraction of sp³-hybridized carbons (Fsp3) is 1.00. The van der Waals surface area contributed by atoms with Gasteiger partial charge in [-0.2, -0.15) is 0 Å². The van der Waals surface area contributed by atoms with Gasteiger partial charge in [0.2, 0.25) is 0 Å². The van der Waals surface area contributed by atoms with Crippen molar-refractivity contribution in [2.24, 2.45) is 29.4 Å². The maximum Gasteiger partial charge on any atom is 0.0786 e. The number of rotatable bonds is 0. The monoisotopic (exact) mass is 120 g/mol. The standard InChI is InChI=1S/C7H8N2/c8-7-3-1-2-5(3)9(7)6(2)4(1)7/h1-6H,8H2/t1?,2?,3-,4-,5+,6+,7?/m1/s1. The highest BCUT2D eigenvalue weighted by Gasteiger charge is 3.03. The highest BCUT2D eigenvalue weighted by molar-refractivity contribution is 5.54. The van der Waals surface area contributed by atoms with E-state index in [-0.39, 0.29) is 0 Å². The van der Waals surface area contributed by atoms with Crippen LogP contribution in [0.4, 0.5) is 0 Å². The summed E-state index contributed by atoms with van der Waals surface area (Å²) in [6.07, 6.45) is 0. The minimum absolute atomic E-state index is 0.300. The average Bonchev–Trinajstić information content (AvgIpc) is 1.88. The van der Waals surface area contributed by atoms with Gasteiger partial charge in [-0.1, -0.05) is 0 Å². The zero-order chi connectivity index (χ0) is 5.54. The van der Waals surface area contributed by atoms with Crippen LogP contribution in [0.1, 0.15) is 0 Å². The first kappa shape index (κ1) is 3.35. The van der Waals surface area contributed by atoms with Crippen LogP contribution in [0.3, 0.4) is 0 Å². The lowest BCUT2D eigenvalue weighted by atomic mass is 9.14. The lowest BCUT2D eigenvalue weighted by molar-refractivity contribution is -0.592. The molecule has 2 N–H and O–H groups in total. The first-order valence-electron chi connectivity index (χ1n) is 3.94. The summed E-state index contributed by atoms with van der Waals surface area (Å²) in [5.74, 6) is 4.26. The van der Waals surface area contributed by atoms with Crippen molar-refractivity contribution in [1.29, 1.82) is 0 Å². The van der Waals surface area contributed by atoms with Gasteiger partial charge in [0.15, 0.2) is 0 Å². The molecule has 3 saturated heterocycles. The van der Waals surface area contributed by atoms with E-state index in [1.54, 1.807) is 0 Å². The number of hydrogen-bond donors (Lipinski definition) is 1. The SMILES string of the molecule is NC12[C@@H]3C4C5[C@@H]3N1[C@@H]5[C@@H]42. The van der Waals surface area contributed by atoms with Crippen molar-refractivity contribution >= 4 is 0 Å². The Morgan fingerprint density at radius 1 is 1.11 bits per heavy atom. The first-order valence-corrected chi connectivity index (χ1v) is 3.94. The van der Waals surface area contributed by atoms with E-state index in [1.165, 1.54) is 0 Å². The highest BCUT2D eigenvalue weighted by atomic mass is 15.6. The second-order valence-corrected chi connectivity index (χ2v) is 4.48. The van der Waals surface area contributed by atoms with Gasteiger partial charge in [0.25, 0.3) is 0 Å². The molecular formula is C7H8N2. The van der Waals surface area contributed by atoms with Crippen LogP contribution in [-0.2, 0) is 0 Å². The molecule has 3 saturated carbocycles. The fourth-order valence-electron chi connectivity index (χ4n) is 4.78. The van der Waals surface area contributed by atoms with Crippen LogP contribution in [-0.4, -0.2) is 22.6 Å². The highest BCUT2D eigenvalue weighted by Crippen LogP contribution is 2.93. The van der Waals surface area contributed by atoms with Crippen LogP contribution < -0.4 is 5.73 Å². The molecular weight excluding hydrogens is 112 g/mol. The zero-order valence-electron chi connectivity index (χ0n) is 4.99. The molecule has 0 radical (unpaired) electrons. The third kappa shape index (κ3) is 0.0955. The molecule has 6 rings (SSSR count). The molecule has 0 unspecified atom stereocenters. The van der Waals surface area contributed by atoms with E-state index in [2.05, 4.69) is 4.90 Å². The fourth-order valence-corrected chi connectivity index (χ4v) is 4.78. The minimum atomic E-state index is 0.300. The second kappa shape index (κ2) is 0.523. The van der Waals surface area contributed by atoms with E-state index in [0.717, 1.165) is 35.8 Å². The van der Waals surface area contributed by atoms with Gasteiger partial charge in [0.05, 0.1) is 5.66 Å². The van der Waals surface area contributed by atoms with E-state index in [0.29, 0.717) is 5.66 Å². The maximum atomic E-state index is 6.11. The molecule has 0 aromatic rings. The summed E-state index contributed by atoms with van der Waals surface area (Å²) in [6.45, 7) is 0. The van der Waals surface area contributed by atoms with Gasteiger partial charge in [-0.05, 0) is 11.8 Å². The van der Waals surface area contributed by atoms with E-state index in [4.69, 9.17) is 5.73 Å². The van der Waals surface area contributed by atoms with E-state index in [9.17, 15) is 0 Å². The van der Waals surface area contributed by atoms with E-state index in [1.807, 2.05) is 0 Å². The Hall–Kier alpha value is -0.0800. The van der Waals surface area contributed by atoms with Crippen molar-refractivity contribution < 1.29 is 0 Å². The predicted octanol–water partition coefficient (Wildman–Crippen LogP) is -0.787. The quantitative estimate of drug-likeness (QED) is 0.454. The molecule has 0 spiro atoms. The van der Waals surface area contributed by atoms with Crippen LogP contribution in [0.5, 0.6) is 0 Å². The third-order valence-corrected chi connectivity index (χ3v) is 4.96. The molecule has 0 amide bonds. The Balaban J connectivity index is 1.93. The van der Waals surface area contributed by atoms with Crippen LogP contribution in [0.15, 0.2) is 0 Å². The summed E-state index contributed by atoms with van der Waals surface area (Å²) in [5.41, 5.74) is 6.41. The Bertz CT molecular complexity index is 209. The van der Waals surface area contributed by atoms with Crippen LogP contribution in [0.2, 0.25) is 0 Å². The van der Waals surface area contributed by atoms with Crippen LogP contribution >= 0.6 is 0 Å². The molecule has 0 bridgehead atoms. The average molecular weight is 120 g/mol. The smallest absolute Gasteiger partial charge is 0.0786 e. The summed E-state index contributed by atoms with van der Waals surface area (Å²) in [7, 11) is 0. The molecule has 6 aliphatic rings. The molecule has 3 heterocycles. The normalized spacial score (nSPS) is 99.7. The summed E-state index contributed by atoms with van der Waals surface area (Å²) in [4.78, 5) is 2.56. The number of piperidine rings is 12. The molecule has 2 heteroatoms. The molecule has 9 heavy (non-hydrogen) atoms. The number of nitrogens with two attached hydrogens (primary N) is 1. The predicted molar refractivity (Wildman–Crippen MR) is 30.3 cm³/mol. The van der Waals surface area contributed by atoms with Crippen molar-refractivity contribution in [3.05, 3.63) is 0 Å².